The second-order valence-electron chi connectivity index (χ2n) is 5.64. The largest absolute Gasteiger partial charge is 0.356 e. The minimum atomic E-state index is 0.337. The van der Waals surface area contributed by atoms with E-state index in [1.807, 2.05) is 20.2 Å². The number of anilines is 1. The van der Waals surface area contributed by atoms with Crippen LogP contribution in [0.5, 0.6) is 0 Å². The third kappa shape index (κ3) is 2.11. The molecule has 0 bridgehead atoms. The monoisotopic (exact) mass is 299 g/mol. The molecular formula is C14H17N7O. The molecule has 0 amide bonds. The maximum Gasteiger partial charge on any atom is 0.229 e. The number of piperidine rings is 1. The average molecular weight is 299 g/mol. The number of aromatic nitrogens is 6. The first-order valence-corrected chi connectivity index (χ1v) is 7.40. The summed E-state index contributed by atoms with van der Waals surface area (Å²) >= 11 is 0. The summed E-state index contributed by atoms with van der Waals surface area (Å²) in [6.45, 7) is 3.67. The standard InChI is InChI=1S/C14H17N7O/c1-9-18-14(22-19-9)10-3-5-21(6-4-10)13-11-7-17-20(2)12(11)15-8-16-13/h7-8,10H,3-6H2,1-2H3. The molecule has 1 saturated heterocycles. The van der Waals surface area contributed by atoms with Crippen LogP contribution in [0.1, 0.15) is 30.5 Å². The van der Waals surface area contributed by atoms with Gasteiger partial charge in [0.2, 0.25) is 5.89 Å². The molecule has 0 atom stereocenters. The minimum Gasteiger partial charge on any atom is -0.356 e. The van der Waals surface area contributed by atoms with E-state index in [9.17, 15) is 0 Å². The third-order valence-corrected chi connectivity index (χ3v) is 4.20. The summed E-state index contributed by atoms with van der Waals surface area (Å²) in [5.74, 6) is 2.75. The maximum atomic E-state index is 5.30. The van der Waals surface area contributed by atoms with Crippen LogP contribution < -0.4 is 4.90 Å². The Bertz CT molecular complexity index is 800. The Kier molecular flexibility index (Phi) is 3.02. The molecule has 0 N–H and O–H groups in total. The predicted octanol–water partition coefficient (Wildman–Crippen LogP) is 1.44. The van der Waals surface area contributed by atoms with Gasteiger partial charge in [-0.15, -0.1) is 0 Å². The van der Waals surface area contributed by atoms with Gasteiger partial charge in [-0.2, -0.15) is 10.1 Å². The number of aryl methyl sites for hydroxylation is 2. The zero-order valence-electron chi connectivity index (χ0n) is 12.6. The van der Waals surface area contributed by atoms with Gasteiger partial charge >= 0.3 is 0 Å². The highest BCUT2D eigenvalue weighted by Crippen LogP contribution is 2.31. The molecule has 114 valence electrons. The highest BCUT2D eigenvalue weighted by Gasteiger charge is 2.26. The van der Waals surface area contributed by atoms with Gasteiger partial charge in [0.25, 0.3) is 0 Å². The fraction of sp³-hybridized carbons (Fsp3) is 0.500. The van der Waals surface area contributed by atoms with Gasteiger partial charge in [-0.3, -0.25) is 4.68 Å². The van der Waals surface area contributed by atoms with Crippen LogP contribution in [-0.4, -0.2) is 43.0 Å². The van der Waals surface area contributed by atoms with Gasteiger partial charge in [0.05, 0.1) is 11.6 Å². The van der Waals surface area contributed by atoms with Crippen molar-refractivity contribution in [3.05, 3.63) is 24.2 Å². The first-order valence-electron chi connectivity index (χ1n) is 7.40. The van der Waals surface area contributed by atoms with E-state index in [1.165, 1.54) is 0 Å². The van der Waals surface area contributed by atoms with Gasteiger partial charge < -0.3 is 9.42 Å². The molecule has 4 rings (SSSR count). The van der Waals surface area contributed by atoms with Crippen LogP contribution in [0.3, 0.4) is 0 Å². The molecule has 0 aliphatic carbocycles. The van der Waals surface area contributed by atoms with E-state index < -0.39 is 0 Å². The quantitative estimate of drug-likeness (QED) is 0.707. The maximum absolute atomic E-state index is 5.30. The van der Waals surface area contributed by atoms with Crippen molar-refractivity contribution in [1.29, 1.82) is 0 Å². The Morgan fingerprint density at radius 1 is 1.23 bits per heavy atom. The van der Waals surface area contributed by atoms with Gasteiger partial charge in [0, 0.05) is 26.1 Å². The lowest BCUT2D eigenvalue weighted by Crippen LogP contribution is -2.33. The molecule has 1 aliphatic rings. The number of hydrogen-bond donors (Lipinski definition) is 0. The van der Waals surface area contributed by atoms with Crippen molar-refractivity contribution in [2.75, 3.05) is 18.0 Å². The molecule has 0 saturated carbocycles. The van der Waals surface area contributed by atoms with Crippen LogP contribution in [0.4, 0.5) is 5.82 Å². The van der Waals surface area contributed by atoms with Crippen LogP contribution in [0, 0.1) is 6.92 Å². The normalized spacial score (nSPS) is 16.5. The van der Waals surface area contributed by atoms with E-state index >= 15 is 0 Å². The molecular weight excluding hydrogens is 282 g/mol. The Morgan fingerprint density at radius 3 is 2.77 bits per heavy atom. The van der Waals surface area contributed by atoms with Crippen LogP contribution in [0.2, 0.25) is 0 Å². The summed E-state index contributed by atoms with van der Waals surface area (Å²) in [5, 5.41) is 9.15. The highest BCUT2D eigenvalue weighted by atomic mass is 16.5. The zero-order chi connectivity index (χ0) is 15.1. The van der Waals surface area contributed by atoms with E-state index in [-0.39, 0.29) is 0 Å². The van der Waals surface area contributed by atoms with Gasteiger partial charge in [-0.1, -0.05) is 5.16 Å². The Hall–Kier alpha value is -2.51. The van der Waals surface area contributed by atoms with E-state index in [2.05, 4.69) is 30.1 Å². The molecule has 0 radical (unpaired) electrons. The van der Waals surface area contributed by atoms with Crippen molar-refractivity contribution in [2.24, 2.45) is 7.05 Å². The summed E-state index contributed by atoms with van der Waals surface area (Å²) in [6.07, 6.45) is 5.39. The molecule has 4 heterocycles. The summed E-state index contributed by atoms with van der Waals surface area (Å²) in [6, 6.07) is 0. The van der Waals surface area contributed by atoms with Crippen LogP contribution in [0.15, 0.2) is 17.0 Å². The van der Waals surface area contributed by atoms with Gasteiger partial charge in [-0.25, -0.2) is 9.97 Å². The van der Waals surface area contributed by atoms with Crippen LogP contribution in [-0.2, 0) is 7.05 Å². The zero-order valence-corrected chi connectivity index (χ0v) is 12.6. The Labute approximate surface area is 127 Å². The first-order chi connectivity index (χ1) is 10.7. The minimum absolute atomic E-state index is 0.337. The first kappa shape index (κ1) is 13.2. The second-order valence-corrected chi connectivity index (χ2v) is 5.64. The molecule has 3 aromatic heterocycles. The molecule has 3 aromatic rings. The molecule has 22 heavy (non-hydrogen) atoms. The number of hydrogen-bond acceptors (Lipinski definition) is 7. The fourth-order valence-electron chi connectivity index (χ4n) is 3.02. The summed E-state index contributed by atoms with van der Waals surface area (Å²) in [4.78, 5) is 15.4. The molecule has 1 aliphatic heterocycles. The van der Waals surface area contributed by atoms with Gasteiger partial charge in [-0.05, 0) is 19.8 Å². The average Bonchev–Trinajstić information content (AvgIpc) is 3.14. The van der Waals surface area contributed by atoms with Crippen molar-refractivity contribution in [1.82, 2.24) is 29.9 Å². The lowest BCUT2D eigenvalue weighted by Gasteiger charge is -2.31. The van der Waals surface area contributed by atoms with Crippen molar-refractivity contribution in [3.63, 3.8) is 0 Å². The molecule has 0 aromatic carbocycles. The molecule has 0 spiro atoms. The van der Waals surface area contributed by atoms with Crippen molar-refractivity contribution in [2.45, 2.75) is 25.7 Å². The predicted molar refractivity (Wildman–Crippen MR) is 79.5 cm³/mol. The number of nitrogens with zero attached hydrogens (tertiary/aromatic N) is 7. The van der Waals surface area contributed by atoms with Crippen molar-refractivity contribution in [3.8, 4) is 0 Å². The lowest BCUT2D eigenvalue weighted by molar-refractivity contribution is 0.327. The molecule has 8 heteroatoms. The summed E-state index contributed by atoms with van der Waals surface area (Å²) in [7, 11) is 1.89. The van der Waals surface area contributed by atoms with E-state index in [4.69, 9.17) is 4.52 Å². The third-order valence-electron chi connectivity index (χ3n) is 4.20. The van der Waals surface area contributed by atoms with Crippen LogP contribution in [0.25, 0.3) is 11.0 Å². The van der Waals surface area contributed by atoms with Gasteiger partial charge in [0.1, 0.15) is 12.1 Å². The molecule has 8 nitrogen and oxygen atoms in total. The summed E-state index contributed by atoms with van der Waals surface area (Å²) < 4.78 is 7.07. The molecule has 0 unspecified atom stereocenters. The number of rotatable bonds is 2. The Morgan fingerprint density at radius 2 is 2.05 bits per heavy atom. The highest BCUT2D eigenvalue weighted by molar-refractivity contribution is 5.86. The number of fused-ring (bicyclic) bond motifs is 1. The van der Waals surface area contributed by atoms with E-state index in [0.717, 1.165) is 48.7 Å². The Balaban J connectivity index is 1.55. The van der Waals surface area contributed by atoms with Crippen molar-refractivity contribution >= 4 is 16.9 Å². The molecule has 1 fully saturated rings. The SMILES string of the molecule is Cc1noc(C2CCN(c3ncnc4c3cnn4C)CC2)n1. The van der Waals surface area contributed by atoms with E-state index in [1.54, 1.807) is 11.0 Å². The fourth-order valence-corrected chi connectivity index (χ4v) is 3.02. The van der Waals surface area contributed by atoms with Crippen molar-refractivity contribution < 1.29 is 4.52 Å². The van der Waals surface area contributed by atoms with Gasteiger partial charge in [0.15, 0.2) is 11.5 Å². The smallest absolute Gasteiger partial charge is 0.229 e. The summed E-state index contributed by atoms with van der Waals surface area (Å²) in [5.41, 5.74) is 0.861. The lowest BCUT2D eigenvalue weighted by atomic mass is 9.96. The topological polar surface area (TPSA) is 85.8 Å². The second kappa shape index (κ2) is 5.04. The van der Waals surface area contributed by atoms with Crippen LogP contribution >= 0.6 is 0 Å². The van der Waals surface area contributed by atoms with E-state index in [0.29, 0.717) is 11.7 Å².